The molecular formula is C20H17NO5. The van der Waals surface area contributed by atoms with Crippen LogP contribution >= 0.6 is 0 Å². The highest BCUT2D eigenvalue weighted by molar-refractivity contribution is 6.06. The number of amides is 1. The lowest BCUT2D eigenvalue weighted by Crippen LogP contribution is -2.17. The molecule has 0 unspecified atom stereocenters. The van der Waals surface area contributed by atoms with Crippen LogP contribution in [0.2, 0.25) is 0 Å². The van der Waals surface area contributed by atoms with Crippen molar-refractivity contribution in [3.05, 3.63) is 84.3 Å². The molecule has 1 amide bonds. The molecule has 3 aromatic rings. The Morgan fingerprint density at radius 1 is 0.885 bits per heavy atom. The number of carbonyl (C=O) groups excluding carboxylic acids is 2. The van der Waals surface area contributed by atoms with E-state index in [4.69, 9.17) is 13.9 Å². The minimum Gasteiger partial charge on any atom is -0.490 e. The van der Waals surface area contributed by atoms with E-state index in [0.717, 1.165) is 0 Å². The molecule has 6 nitrogen and oxygen atoms in total. The minimum absolute atomic E-state index is 0.0915. The van der Waals surface area contributed by atoms with Crippen LogP contribution in [-0.4, -0.2) is 25.1 Å². The first-order chi connectivity index (χ1) is 12.7. The highest BCUT2D eigenvalue weighted by Crippen LogP contribution is 2.17. The van der Waals surface area contributed by atoms with Crippen molar-refractivity contribution < 1.29 is 23.5 Å². The first kappa shape index (κ1) is 17.3. The van der Waals surface area contributed by atoms with Gasteiger partial charge in [-0.3, -0.25) is 4.79 Å². The monoisotopic (exact) mass is 351 g/mol. The molecule has 0 bridgehead atoms. The van der Waals surface area contributed by atoms with Crippen LogP contribution in [0.25, 0.3) is 0 Å². The molecule has 1 heterocycles. The lowest BCUT2D eigenvalue weighted by Gasteiger charge is -2.11. The Morgan fingerprint density at radius 3 is 2.42 bits per heavy atom. The number of rotatable bonds is 7. The van der Waals surface area contributed by atoms with Gasteiger partial charge in [-0.05, 0) is 36.4 Å². The number of esters is 1. The topological polar surface area (TPSA) is 77.8 Å². The summed E-state index contributed by atoms with van der Waals surface area (Å²) in [5, 5.41) is 2.65. The minimum atomic E-state index is -0.544. The summed E-state index contributed by atoms with van der Waals surface area (Å²) < 4.78 is 15.7. The zero-order valence-corrected chi connectivity index (χ0v) is 13.9. The van der Waals surface area contributed by atoms with Gasteiger partial charge in [-0.15, -0.1) is 0 Å². The number of ether oxygens (including phenoxy) is 2. The van der Waals surface area contributed by atoms with Gasteiger partial charge < -0.3 is 19.2 Å². The molecule has 2 aromatic carbocycles. The smallest absolute Gasteiger partial charge is 0.340 e. The fourth-order valence-corrected chi connectivity index (χ4v) is 2.25. The first-order valence-corrected chi connectivity index (χ1v) is 8.03. The Morgan fingerprint density at radius 2 is 1.65 bits per heavy atom. The van der Waals surface area contributed by atoms with Crippen LogP contribution in [0.15, 0.2) is 77.4 Å². The number of anilines is 1. The van der Waals surface area contributed by atoms with E-state index in [1.54, 1.807) is 30.3 Å². The van der Waals surface area contributed by atoms with E-state index in [9.17, 15) is 9.59 Å². The van der Waals surface area contributed by atoms with Crippen LogP contribution in [-0.2, 0) is 4.74 Å². The van der Waals surface area contributed by atoms with Crippen molar-refractivity contribution in [3.63, 3.8) is 0 Å². The van der Waals surface area contributed by atoms with Crippen molar-refractivity contribution in [2.45, 2.75) is 0 Å². The lowest BCUT2D eigenvalue weighted by atomic mass is 10.1. The molecule has 0 atom stereocenters. The predicted molar refractivity (Wildman–Crippen MR) is 95.3 cm³/mol. The third-order valence-corrected chi connectivity index (χ3v) is 3.47. The summed E-state index contributed by atoms with van der Waals surface area (Å²) in [6.45, 7) is 0.324. The van der Waals surface area contributed by atoms with E-state index in [1.165, 1.54) is 12.3 Å². The molecule has 0 aliphatic rings. The first-order valence-electron chi connectivity index (χ1n) is 8.03. The van der Waals surface area contributed by atoms with E-state index in [1.807, 2.05) is 30.3 Å². The molecule has 6 heteroatoms. The van der Waals surface area contributed by atoms with Crippen LogP contribution in [0.1, 0.15) is 20.9 Å². The number of nitrogens with one attached hydrogen (secondary N) is 1. The van der Waals surface area contributed by atoms with Gasteiger partial charge in [0.05, 0.1) is 17.5 Å². The second kappa shape index (κ2) is 8.53. The van der Waals surface area contributed by atoms with Crippen molar-refractivity contribution in [2.24, 2.45) is 0 Å². The highest BCUT2D eigenvalue weighted by Gasteiger charge is 2.16. The average Bonchev–Trinajstić information content (AvgIpc) is 3.21. The number of benzene rings is 2. The van der Waals surface area contributed by atoms with Gasteiger partial charge in [-0.25, -0.2) is 4.79 Å². The zero-order chi connectivity index (χ0) is 18.2. The number of furan rings is 1. The summed E-state index contributed by atoms with van der Waals surface area (Å²) in [4.78, 5) is 24.4. The van der Waals surface area contributed by atoms with Gasteiger partial charge in [-0.2, -0.15) is 0 Å². The zero-order valence-electron chi connectivity index (χ0n) is 13.9. The molecule has 0 fully saturated rings. The Bertz CT molecular complexity index is 859. The molecule has 1 N–H and O–H groups in total. The summed E-state index contributed by atoms with van der Waals surface area (Å²) in [7, 11) is 0. The van der Waals surface area contributed by atoms with Crippen molar-refractivity contribution in [1.82, 2.24) is 0 Å². The molecule has 0 saturated carbocycles. The number of hydrogen-bond acceptors (Lipinski definition) is 5. The Hall–Kier alpha value is -3.54. The molecule has 0 radical (unpaired) electrons. The van der Waals surface area contributed by atoms with E-state index in [0.29, 0.717) is 11.4 Å². The van der Waals surface area contributed by atoms with Crippen molar-refractivity contribution in [3.8, 4) is 5.75 Å². The molecule has 0 saturated heterocycles. The number of para-hydroxylation sites is 2. The molecule has 1 aromatic heterocycles. The Labute approximate surface area is 150 Å². The molecular weight excluding hydrogens is 334 g/mol. The second-order valence-electron chi connectivity index (χ2n) is 5.27. The SMILES string of the molecule is O=C(Nc1ccccc1C(=O)OCCOc1ccccc1)c1ccco1. The van der Waals surface area contributed by atoms with Crippen LogP contribution in [0.5, 0.6) is 5.75 Å². The van der Waals surface area contributed by atoms with Crippen molar-refractivity contribution in [1.29, 1.82) is 0 Å². The van der Waals surface area contributed by atoms with Crippen LogP contribution in [0.4, 0.5) is 5.69 Å². The van der Waals surface area contributed by atoms with Gasteiger partial charge in [0.15, 0.2) is 5.76 Å². The van der Waals surface area contributed by atoms with Crippen LogP contribution in [0.3, 0.4) is 0 Å². The quantitative estimate of drug-likeness (QED) is 0.518. The van der Waals surface area contributed by atoms with E-state index in [2.05, 4.69) is 5.32 Å². The standard InChI is InChI=1S/C20H17NO5/c22-19(18-11-6-12-25-18)21-17-10-5-4-9-16(17)20(23)26-14-13-24-15-7-2-1-3-8-15/h1-12H,13-14H2,(H,21,22). The van der Waals surface area contributed by atoms with Gasteiger partial charge in [0.25, 0.3) is 5.91 Å². The third kappa shape index (κ3) is 4.51. The fourth-order valence-electron chi connectivity index (χ4n) is 2.25. The fraction of sp³-hybridized carbons (Fsp3) is 0.100. The summed E-state index contributed by atoms with van der Waals surface area (Å²) in [6.07, 6.45) is 1.40. The number of hydrogen-bond donors (Lipinski definition) is 1. The van der Waals surface area contributed by atoms with Crippen molar-refractivity contribution in [2.75, 3.05) is 18.5 Å². The van der Waals surface area contributed by atoms with Gasteiger partial charge in [0.1, 0.15) is 19.0 Å². The van der Waals surface area contributed by atoms with Gasteiger partial charge >= 0.3 is 5.97 Å². The molecule has 0 aliphatic heterocycles. The van der Waals surface area contributed by atoms with E-state index >= 15 is 0 Å². The average molecular weight is 351 g/mol. The van der Waals surface area contributed by atoms with Crippen LogP contribution in [0, 0.1) is 0 Å². The van der Waals surface area contributed by atoms with Crippen LogP contribution < -0.4 is 10.1 Å². The Balaban J connectivity index is 1.56. The summed E-state index contributed by atoms with van der Waals surface area (Å²) >= 11 is 0. The molecule has 3 rings (SSSR count). The van der Waals surface area contributed by atoms with E-state index in [-0.39, 0.29) is 24.5 Å². The lowest BCUT2D eigenvalue weighted by molar-refractivity contribution is 0.0451. The normalized spacial score (nSPS) is 10.2. The molecule has 132 valence electrons. The third-order valence-electron chi connectivity index (χ3n) is 3.47. The second-order valence-corrected chi connectivity index (χ2v) is 5.27. The molecule has 26 heavy (non-hydrogen) atoms. The van der Waals surface area contributed by atoms with Gasteiger partial charge in [-0.1, -0.05) is 30.3 Å². The maximum atomic E-state index is 12.3. The molecule has 0 spiro atoms. The highest BCUT2D eigenvalue weighted by atomic mass is 16.6. The summed E-state index contributed by atoms with van der Waals surface area (Å²) in [5.41, 5.74) is 0.606. The Kier molecular flexibility index (Phi) is 5.67. The maximum Gasteiger partial charge on any atom is 0.340 e. The summed E-state index contributed by atoms with van der Waals surface area (Å²) in [5.74, 6) is -0.126. The van der Waals surface area contributed by atoms with Gasteiger partial charge in [0.2, 0.25) is 0 Å². The van der Waals surface area contributed by atoms with Gasteiger partial charge in [0, 0.05) is 0 Å². The van der Waals surface area contributed by atoms with Crippen molar-refractivity contribution >= 4 is 17.6 Å². The largest absolute Gasteiger partial charge is 0.490 e. The predicted octanol–water partition coefficient (Wildman–Crippen LogP) is 3.77. The molecule has 0 aliphatic carbocycles. The van der Waals surface area contributed by atoms with E-state index < -0.39 is 11.9 Å². The number of carbonyl (C=O) groups is 2. The summed E-state index contributed by atoms with van der Waals surface area (Å²) in [6, 6.07) is 19.0. The maximum absolute atomic E-state index is 12.3.